The van der Waals surface area contributed by atoms with Crippen molar-refractivity contribution in [3.05, 3.63) is 71.8 Å². The fraction of sp³-hybridized carbons (Fsp3) is 0.286. The van der Waals surface area contributed by atoms with Gasteiger partial charge in [-0.25, -0.2) is 0 Å². The molecule has 1 N–H and O–H groups in total. The number of ether oxygens (including phenoxy) is 1. The zero-order valence-electron chi connectivity index (χ0n) is 14.6. The molecule has 25 heavy (non-hydrogen) atoms. The van der Waals surface area contributed by atoms with Crippen LogP contribution in [0.4, 0.5) is 0 Å². The van der Waals surface area contributed by atoms with E-state index in [1.807, 2.05) is 54.6 Å². The Bertz CT molecular complexity index is 665. The Morgan fingerprint density at radius 3 is 2.48 bits per heavy atom. The third-order valence-corrected chi connectivity index (χ3v) is 3.67. The first-order valence-electron chi connectivity index (χ1n) is 8.57. The molecule has 0 atom stereocenters. The molecule has 0 fully saturated rings. The summed E-state index contributed by atoms with van der Waals surface area (Å²) in [5.41, 5.74) is 1.97. The van der Waals surface area contributed by atoms with Crippen LogP contribution in [0.25, 0.3) is 6.08 Å². The van der Waals surface area contributed by atoms with E-state index in [1.54, 1.807) is 17.1 Å². The molecule has 0 saturated heterocycles. The van der Waals surface area contributed by atoms with E-state index in [2.05, 4.69) is 6.92 Å². The lowest BCUT2D eigenvalue weighted by Gasteiger charge is -2.20. The van der Waals surface area contributed by atoms with E-state index >= 15 is 0 Å². The predicted octanol–water partition coefficient (Wildman–Crippen LogP) is 3.51. The highest BCUT2D eigenvalue weighted by molar-refractivity contribution is 5.91. The van der Waals surface area contributed by atoms with Crippen LogP contribution in [0.15, 0.2) is 60.7 Å². The van der Waals surface area contributed by atoms with Crippen LogP contribution in [0.1, 0.15) is 24.5 Å². The standard InChI is InChI=1S/C21H25NO3/c1-2-16-25-20-11-8-18(9-12-20)10-13-21(24)22(14-15-23)17-19-6-4-3-5-7-19/h3-13,23H,2,14-17H2,1H3/b13-10+. The van der Waals surface area contributed by atoms with Gasteiger partial charge in [0.15, 0.2) is 0 Å². The molecule has 4 heteroatoms. The molecular weight excluding hydrogens is 314 g/mol. The lowest BCUT2D eigenvalue weighted by atomic mass is 10.2. The van der Waals surface area contributed by atoms with Gasteiger partial charge in [0.2, 0.25) is 5.91 Å². The second kappa shape index (κ2) is 10.3. The Hall–Kier alpha value is -2.59. The first-order chi connectivity index (χ1) is 12.2. The number of benzene rings is 2. The predicted molar refractivity (Wildman–Crippen MR) is 100 cm³/mol. The molecule has 1 amide bonds. The van der Waals surface area contributed by atoms with Crippen molar-refractivity contribution < 1.29 is 14.6 Å². The van der Waals surface area contributed by atoms with E-state index in [0.29, 0.717) is 19.7 Å². The lowest BCUT2D eigenvalue weighted by Crippen LogP contribution is -2.31. The van der Waals surface area contributed by atoms with Gasteiger partial charge in [0.1, 0.15) is 5.75 Å². The second-order valence-corrected chi connectivity index (χ2v) is 5.72. The zero-order valence-corrected chi connectivity index (χ0v) is 14.6. The highest BCUT2D eigenvalue weighted by Gasteiger charge is 2.10. The van der Waals surface area contributed by atoms with Gasteiger partial charge in [-0.3, -0.25) is 4.79 Å². The monoisotopic (exact) mass is 339 g/mol. The molecule has 0 heterocycles. The summed E-state index contributed by atoms with van der Waals surface area (Å²) in [5, 5.41) is 9.22. The molecule has 0 spiro atoms. The number of aliphatic hydroxyl groups excluding tert-OH is 1. The van der Waals surface area contributed by atoms with Gasteiger partial charge in [0, 0.05) is 19.2 Å². The zero-order chi connectivity index (χ0) is 17.9. The SMILES string of the molecule is CCCOc1ccc(/C=C/C(=O)N(CCO)Cc2ccccc2)cc1. The normalized spacial score (nSPS) is 10.8. The summed E-state index contributed by atoms with van der Waals surface area (Å²) >= 11 is 0. The maximum atomic E-state index is 12.4. The maximum absolute atomic E-state index is 12.4. The van der Waals surface area contributed by atoms with Gasteiger partial charge in [-0.15, -0.1) is 0 Å². The number of rotatable bonds is 9. The van der Waals surface area contributed by atoms with Crippen LogP contribution in [-0.2, 0) is 11.3 Å². The van der Waals surface area contributed by atoms with Crippen molar-refractivity contribution in [2.75, 3.05) is 19.8 Å². The number of carbonyl (C=O) groups is 1. The van der Waals surface area contributed by atoms with Crippen LogP contribution in [0.5, 0.6) is 5.75 Å². The molecule has 0 bridgehead atoms. The number of amides is 1. The Labute approximate surface area is 149 Å². The van der Waals surface area contributed by atoms with Crippen LogP contribution in [0.3, 0.4) is 0 Å². The second-order valence-electron chi connectivity index (χ2n) is 5.72. The van der Waals surface area contributed by atoms with E-state index in [0.717, 1.165) is 23.3 Å². The molecule has 0 radical (unpaired) electrons. The van der Waals surface area contributed by atoms with Gasteiger partial charge in [0.25, 0.3) is 0 Å². The molecule has 2 aromatic carbocycles. The van der Waals surface area contributed by atoms with Crippen molar-refractivity contribution in [1.29, 1.82) is 0 Å². The van der Waals surface area contributed by atoms with Crippen molar-refractivity contribution in [3.63, 3.8) is 0 Å². The molecule has 2 aromatic rings. The van der Waals surface area contributed by atoms with Crippen molar-refractivity contribution >= 4 is 12.0 Å². The summed E-state index contributed by atoms with van der Waals surface area (Å²) in [6, 6.07) is 17.4. The van der Waals surface area contributed by atoms with E-state index in [9.17, 15) is 9.90 Å². The fourth-order valence-electron chi connectivity index (χ4n) is 2.36. The minimum absolute atomic E-state index is 0.0596. The molecule has 4 nitrogen and oxygen atoms in total. The molecule has 132 valence electrons. The van der Waals surface area contributed by atoms with Crippen molar-refractivity contribution in [2.24, 2.45) is 0 Å². The summed E-state index contributed by atoms with van der Waals surface area (Å²) in [5.74, 6) is 0.709. The van der Waals surface area contributed by atoms with Gasteiger partial charge in [-0.05, 0) is 35.8 Å². The molecule has 0 unspecified atom stereocenters. The summed E-state index contributed by atoms with van der Waals surface area (Å²) in [6.07, 6.45) is 4.29. The Morgan fingerprint density at radius 1 is 1.12 bits per heavy atom. The number of hydrogen-bond donors (Lipinski definition) is 1. The summed E-state index contributed by atoms with van der Waals surface area (Å²) < 4.78 is 5.55. The Kier molecular flexibility index (Phi) is 7.73. The van der Waals surface area contributed by atoms with Gasteiger partial charge >= 0.3 is 0 Å². The number of aliphatic hydroxyl groups is 1. The number of nitrogens with zero attached hydrogens (tertiary/aromatic N) is 1. The largest absolute Gasteiger partial charge is 0.494 e. The van der Waals surface area contributed by atoms with Crippen LogP contribution >= 0.6 is 0 Å². The van der Waals surface area contributed by atoms with Crippen molar-refractivity contribution in [2.45, 2.75) is 19.9 Å². The molecule has 0 aliphatic rings. The number of hydrogen-bond acceptors (Lipinski definition) is 3. The van der Waals surface area contributed by atoms with E-state index in [1.165, 1.54) is 0 Å². The van der Waals surface area contributed by atoms with E-state index in [4.69, 9.17) is 4.74 Å². The van der Waals surface area contributed by atoms with Crippen molar-refractivity contribution in [3.8, 4) is 5.75 Å². The van der Waals surface area contributed by atoms with E-state index < -0.39 is 0 Å². The summed E-state index contributed by atoms with van der Waals surface area (Å²) in [4.78, 5) is 14.1. The molecule has 2 rings (SSSR count). The van der Waals surface area contributed by atoms with Crippen molar-refractivity contribution in [1.82, 2.24) is 4.90 Å². The highest BCUT2D eigenvalue weighted by Crippen LogP contribution is 2.14. The Morgan fingerprint density at radius 2 is 1.84 bits per heavy atom. The molecular formula is C21H25NO3. The quantitative estimate of drug-likeness (QED) is 0.711. The van der Waals surface area contributed by atoms with Crippen LogP contribution in [0, 0.1) is 0 Å². The lowest BCUT2D eigenvalue weighted by molar-refractivity contribution is -0.127. The Balaban J connectivity index is 1.98. The maximum Gasteiger partial charge on any atom is 0.246 e. The summed E-state index contributed by atoms with van der Waals surface area (Å²) in [7, 11) is 0. The first kappa shape index (κ1) is 18.7. The van der Waals surface area contributed by atoms with Crippen LogP contribution < -0.4 is 4.74 Å². The third-order valence-electron chi connectivity index (χ3n) is 3.67. The minimum Gasteiger partial charge on any atom is -0.494 e. The summed E-state index contributed by atoms with van der Waals surface area (Å²) in [6.45, 7) is 3.49. The number of carbonyl (C=O) groups excluding carboxylic acids is 1. The molecule has 0 aliphatic heterocycles. The van der Waals surface area contributed by atoms with Gasteiger partial charge < -0.3 is 14.7 Å². The highest BCUT2D eigenvalue weighted by atomic mass is 16.5. The van der Waals surface area contributed by atoms with Crippen LogP contribution in [0.2, 0.25) is 0 Å². The van der Waals surface area contributed by atoms with Gasteiger partial charge in [0.05, 0.1) is 13.2 Å². The smallest absolute Gasteiger partial charge is 0.246 e. The molecule has 0 aliphatic carbocycles. The third kappa shape index (κ3) is 6.43. The minimum atomic E-state index is -0.121. The first-order valence-corrected chi connectivity index (χ1v) is 8.57. The van der Waals surface area contributed by atoms with Gasteiger partial charge in [-0.2, -0.15) is 0 Å². The average molecular weight is 339 g/mol. The molecule has 0 saturated carbocycles. The molecule has 0 aromatic heterocycles. The van der Waals surface area contributed by atoms with Crippen LogP contribution in [-0.4, -0.2) is 35.7 Å². The van der Waals surface area contributed by atoms with E-state index in [-0.39, 0.29) is 12.5 Å². The van der Waals surface area contributed by atoms with Gasteiger partial charge in [-0.1, -0.05) is 49.4 Å². The fourth-order valence-corrected chi connectivity index (χ4v) is 2.36. The topological polar surface area (TPSA) is 49.8 Å². The average Bonchev–Trinajstić information content (AvgIpc) is 2.66.